The van der Waals surface area contributed by atoms with E-state index in [-0.39, 0.29) is 0 Å². The highest BCUT2D eigenvalue weighted by molar-refractivity contribution is 9.09. The Balaban J connectivity index is 2.32. The largest absolute Gasteiger partial charge is 0.372 e. The van der Waals surface area contributed by atoms with Crippen LogP contribution in [0.2, 0.25) is 0 Å². The first-order valence-corrected chi connectivity index (χ1v) is 5.66. The number of ether oxygens (including phenoxy) is 1. The fourth-order valence-electron chi connectivity index (χ4n) is 1.35. The van der Waals surface area contributed by atoms with Crippen LogP contribution in [0.4, 0.5) is 0 Å². The Hall–Kier alpha value is 0.140. The van der Waals surface area contributed by atoms with Crippen molar-refractivity contribution in [2.45, 2.75) is 12.5 Å². The molecule has 1 aliphatic rings. The first kappa shape index (κ1) is 7.77. The molecule has 1 atom stereocenters. The number of thiophene rings is 1. The van der Waals surface area contributed by atoms with E-state index in [2.05, 4.69) is 27.4 Å². The predicted octanol–water partition coefficient (Wildman–Crippen LogP) is 2.76. The molecule has 2 rings (SSSR count). The molecule has 0 aliphatic carbocycles. The van der Waals surface area contributed by atoms with Crippen LogP contribution in [0.5, 0.6) is 0 Å². The maximum absolute atomic E-state index is 5.57. The molecule has 0 saturated heterocycles. The zero-order valence-corrected chi connectivity index (χ0v) is 8.45. The van der Waals surface area contributed by atoms with Gasteiger partial charge in [0.15, 0.2) is 0 Å². The van der Waals surface area contributed by atoms with Crippen molar-refractivity contribution in [3.8, 4) is 0 Å². The molecule has 0 amide bonds. The van der Waals surface area contributed by atoms with E-state index >= 15 is 0 Å². The fraction of sp³-hybridized carbons (Fsp3) is 0.500. The molecular formula is C8H9BrOS. The second kappa shape index (κ2) is 3.25. The van der Waals surface area contributed by atoms with Crippen molar-refractivity contribution in [1.29, 1.82) is 0 Å². The minimum atomic E-state index is 0.296. The minimum Gasteiger partial charge on any atom is -0.372 e. The summed E-state index contributed by atoms with van der Waals surface area (Å²) in [6.45, 7) is 0.879. The molecule has 1 nitrogen and oxygen atoms in total. The molecule has 1 aliphatic heterocycles. The van der Waals surface area contributed by atoms with Gasteiger partial charge in [-0.1, -0.05) is 15.9 Å². The van der Waals surface area contributed by atoms with Gasteiger partial charge < -0.3 is 4.74 Å². The quantitative estimate of drug-likeness (QED) is 0.677. The molecule has 3 heteroatoms. The summed E-state index contributed by atoms with van der Waals surface area (Å²) in [5.74, 6) is 0. The minimum absolute atomic E-state index is 0.296. The maximum Gasteiger partial charge on any atom is 0.0932 e. The third kappa shape index (κ3) is 1.37. The van der Waals surface area contributed by atoms with E-state index in [4.69, 9.17) is 4.74 Å². The average Bonchev–Trinajstić information content (AvgIpc) is 2.50. The number of alkyl halides is 1. The van der Waals surface area contributed by atoms with Crippen molar-refractivity contribution in [3.05, 3.63) is 21.9 Å². The zero-order valence-electron chi connectivity index (χ0n) is 6.05. The Labute approximate surface area is 78.5 Å². The van der Waals surface area contributed by atoms with Crippen LogP contribution in [0.1, 0.15) is 16.5 Å². The van der Waals surface area contributed by atoms with Gasteiger partial charge in [0, 0.05) is 16.6 Å². The second-order valence-corrected chi connectivity index (χ2v) is 4.21. The van der Waals surface area contributed by atoms with Gasteiger partial charge in [-0.2, -0.15) is 0 Å². The molecule has 0 aromatic carbocycles. The Morgan fingerprint density at radius 2 is 2.64 bits per heavy atom. The predicted molar refractivity (Wildman–Crippen MR) is 50.5 cm³/mol. The van der Waals surface area contributed by atoms with Crippen LogP contribution < -0.4 is 0 Å². The van der Waals surface area contributed by atoms with E-state index in [0.29, 0.717) is 6.10 Å². The van der Waals surface area contributed by atoms with Crippen LogP contribution in [0.3, 0.4) is 0 Å². The van der Waals surface area contributed by atoms with Crippen molar-refractivity contribution >= 4 is 27.3 Å². The van der Waals surface area contributed by atoms with Gasteiger partial charge in [-0.3, -0.25) is 0 Å². The number of halogens is 1. The standard InChI is InChI=1S/C8H9BrOS/c9-5-7-6-2-4-11-8(6)1-3-10-7/h2,4,7H,1,3,5H2/t7-/m1/s1. The van der Waals surface area contributed by atoms with E-state index in [0.717, 1.165) is 18.4 Å². The molecule has 0 bridgehead atoms. The Morgan fingerprint density at radius 3 is 3.45 bits per heavy atom. The summed E-state index contributed by atoms with van der Waals surface area (Å²) in [7, 11) is 0. The van der Waals surface area contributed by atoms with Crippen molar-refractivity contribution < 1.29 is 4.74 Å². The van der Waals surface area contributed by atoms with Gasteiger partial charge in [0.2, 0.25) is 0 Å². The average molecular weight is 233 g/mol. The molecule has 0 N–H and O–H groups in total. The summed E-state index contributed by atoms with van der Waals surface area (Å²) in [5.41, 5.74) is 1.39. The van der Waals surface area contributed by atoms with Gasteiger partial charge in [-0.15, -0.1) is 11.3 Å². The van der Waals surface area contributed by atoms with Gasteiger partial charge in [0.05, 0.1) is 12.7 Å². The Bertz CT molecular complexity index is 246. The van der Waals surface area contributed by atoms with Crippen LogP contribution in [-0.4, -0.2) is 11.9 Å². The van der Waals surface area contributed by atoms with Crippen LogP contribution in [0, 0.1) is 0 Å². The smallest absolute Gasteiger partial charge is 0.0932 e. The van der Waals surface area contributed by atoms with E-state index in [1.54, 1.807) is 0 Å². The summed E-state index contributed by atoms with van der Waals surface area (Å²) in [5, 5.41) is 3.06. The molecule has 11 heavy (non-hydrogen) atoms. The number of hydrogen-bond acceptors (Lipinski definition) is 2. The molecule has 0 spiro atoms. The van der Waals surface area contributed by atoms with Crippen LogP contribution in [0.25, 0.3) is 0 Å². The molecule has 0 saturated carbocycles. The zero-order chi connectivity index (χ0) is 7.68. The van der Waals surface area contributed by atoms with E-state index in [1.165, 1.54) is 10.4 Å². The first-order valence-electron chi connectivity index (χ1n) is 3.65. The highest BCUT2D eigenvalue weighted by Crippen LogP contribution is 2.31. The highest BCUT2D eigenvalue weighted by atomic mass is 79.9. The van der Waals surface area contributed by atoms with Crippen LogP contribution in [0.15, 0.2) is 11.4 Å². The molecule has 1 aromatic heterocycles. The lowest BCUT2D eigenvalue weighted by Gasteiger charge is -2.20. The van der Waals surface area contributed by atoms with Gasteiger partial charge >= 0.3 is 0 Å². The topological polar surface area (TPSA) is 9.23 Å². The lowest BCUT2D eigenvalue weighted by molar-refractivity contribution is 0.0609. The second-order valence-electron chi connectivity index (χ2n) is 2.56. The lowest BCUT2D eigenvalue weighted by Crippen LogP contribution is -2.14. The van der Waals surface area contributed by atoms with Gasteiger partial charge in [-0.25, -0.2) is 0 Å². The Morgan fingerprint density at radius 1 is 1.73 bits per heavy atom. The van der Waals surface area contributed by atoms with Gasteiger partial charge in [-0.05, 0) is 17.0 Å². The van der Waals surface area contributed by atoms with Crippen LogP contribution in [-0.2, 0) is 11.2 Å². The molecule has 0 unspecified atom stereocenters. The first-order chi connectivity index (χ1) is 5.42. The maximum atomic E-state index is 5.57. The Kier molecular flexibility index (Phi) is 2.30. The van der Waals surface area contributed by atoms with Crippen molar-refractivity contribution in [1.82, 2.24) is 0 Å². The SMILES string of the molecule is BrC[C@H]1OCCc2sccc21. The highest BCUT2D eigenvalue weighted by Gasteiger charge is 2.20. The third-order valence-electron chi connectivity index (χ3n) is 1.92. The lowest BCUT2D eigenvalue weighted by atomic mass is 10.1. The molecule has 0 radical (unpaired) electrons. The molecular weight excluding hydrogens is 224 g/mol. The van der Waals surface area contributed by atoms with Crippen LogP contribution >= 0.6 is 27.3 Å². The molecule has 0 fully saturated rings. The van der Waals surface area contributed by atoms with E-state index in [1.807, 2.05) is 11.3 Å². The number of hydrogen-bond donors (Lipinski definition) is 0. The number of fused-ring (bicyclic) bond motifs is 1. The van der Waals surface area contributed by atoms with Gasteiger partial charge in [0.25, 0.3) is 0 Å². The molecule has 2 heterocycles. The summed E-state index contributed by atoms with van der Waals surface area (Å²) in [4.78, 5) is 1.50. The summed E-state index contributed by atoms with van der Waals surface area (Å²) < 4.78 is 5.57. The van der Waals surface area contributed by atoms with Crippen molar-refractivity contribution in [2.24, 2.45) is 0 Å². The van der Waals surface area contributed by atoms with E-state index < -0.39 is 0 Å². The number of rotatable bonds is 1. The monoisotopic (exact) mass is 232 g/mol. The van der Waals surface area contributed by atoms with Crippen molar-refractivity contribution in [3.63, 3.8) is 0 Å². The summed E-state index contributed by atoms with van der Waals surface area (Å²) in [6, 6.07) is 2.17. The summed E-state index contributed by atoms with van der Waals surface area (Å²) in [6.07, 6.45) is 1.39. The molecule has 60 valence electrons. The third-order valence-corrected chi connectivity index (χ3v) is 3.50. The van der Waals surface area contributed by atoms with E-state index in [9.17, 15) is 0 Å². The van der Waals surface area contributed by atoms with Crippen molar-refractivity contribution in [2.75, 3.05) is 11.9 Å². The summed E-state index contributed by atoms with van der Waals surface area (Å²) >= 11 is 5.29. The molecule has 1 aromatic rings. The fourth-order valence-corrected chi connectivity index (χ4v) is 2.80. The normalized spacial score (nSPS) is 23.2. The van der Waals surface area contributed by atoms with Gasteiger partial charge in [0.1, 0.15) is 0 Å².